The number of nitrogens with one attached hydrogen (secondary N) is 2. The normalized spacial score (nSPS) is 18.7. The van der Waals surface area contributed by atoms with E-state index in [-0.39, 0.29) is 34.1 Å². The molecule has 2 aliphatic heterocycles. The molecule has 2 heterocycles. The van der Waals surface area contributed by atoms with Gasteiger partial charge in [0.25, 0.3) is 0 Å². The van der Waals surface area contributed by atoms with Crippen molar-refractivity contribution in [2.45, 2.75) is 296 Å². The molecule has 0 aromatic carbocycles. The van der Waals surface area contributed by atoms with Crippen LogP contribution in [0.1, 0.15) is 262 Å². The molecule has 366 valence electrons. The third-order valence-electron chi connectivity index (χ3n) is 13.7. The lowest BCUT2D eigenvalue weighted by Crippen LogP contribution is -2.62. The molecular formula is C54H106N4O4. The minimum Gasteiger partial charge on any atom is -0.466 e. The number of carbonyl (C=O) groups excluding carboxylic acids is 2. The van der Waals surface area contributed by atoms with Crippen LogP contribution in [0.3, 0.4) is 0 Å². The quantitative estimate of drug-likeness (QED) is 0.0472. The number of piperidine rings is 2. The predicted molar refractivity (Wildman–Crippen MR) is 265 cm³/mol. The molecule has 8 heteroatoms. The maximum Gasteiger partial charge on any atom is 0.307 e. The van der Waals surface area contributed by atoms with E-state index in [1.54, 1.807) is 0 Å². The van der Waals surface area contributed by atoms with Gasteiger partial charge in [0, 0.05) is 47.3 Å². The predicted octanol–water partition coefficient (Wildman–Crippen LogP) is 13.5. The Morgan fingerprint density at radius 3 is 0.952 bits per heavy atom. The molecule has 8 nitrogen and oxygen atoms in total. The van der Waals surface area contributed by atoms with Crippen LogP contribution in [0, 0.1) is 0 Å². The number of ether oxygens (including phenoxy) is 2. The van der Waals surface area contributed by atoms with Gasteiger partial charge in [0.2, 0.25) is 0 Å². The summed E-state index contributed by atoms with van der Waals surface area (Å²) in [5.41, 5.74) is 0.227. The SMILES string of the molecule is CCCCCCCCCCCCOC(=O)CCN(CCCCCCN(CCC(=O)OCCCCCCCCCCCC)C1CC(C)(C)NC(C)(C)C1)C1CC(C)(C)NC(C)(C)C1. The van der Waals surface area contributed by atoms with Gasteiger partial charge in [-0.05, 0) is 120 Å². The number of carbonyl (C=O) groups is 2. The summed E-state index contributed by atoms with van der Waals surface area (Å²) in [4.78, 5) is 31.2. The second kappa shape index (κ2) is 31.7. The lowest BCUT2D eigenvalue weighted by atomic mass is 9.79. The summed E-state index contributed by atoms with van der Waals surface area (Å²) in [7, 11) is 0. The largest absolute Gasteiger partial charge is 0.466 e. The molecule has 0 unspecified atom stereocenters. The first-order chi connectivity index (χ1) is 29.5. The van der Waals surface area contributed by atoms with E-state index in [1.807, 2.05) is 0 Å². The molecule has 2 fully saturated rings. The highest BCUT2D eigenvalue weighted by molar-refractivity contribution is 5.69. The van der Waals surface area contributed by atoms with Crippen LogP contribution in [0.15, 0.2) is 0 Å². The topological polar surface area (TPSA) is 83.1 Å². The first-order valence-corrected chi connectivity index (χ1v) is 26.8. The van der Waals surface area contributed by atoms with Gasteiger partial charge in [0.05, 0.1) is 26.1 Å². The Morgan fingerprint density at radius 2 is 0.661 bits per heavy atom. The molecule has 0 radical (unpaired) electrons. The van der Waals surface area contributed by atoms with Gasteiger partial charge in [-0.1, -0.05) is 142 Å². The van der Waals surface area contributed by atoms with E-state index in [9.17, 15) is 9.59 Å². The van der Waals surface area contributed by atoms with Crippen molar-refractivity contribution in [2.24, 2.45) is 0 Å². The Bertz CT molecular complexity index is 1040. The molecule has 0 aromatic rings. The van der Waals surface area contributed by atoms with E-state index in [0.29, 0.717) is 38.1 Å². The molecular weight excluding hydrogens is 769 g/mol. The van der Waals surface area contributed by atoms with Crippen LogP contribution in [-0.4, -0.2) is 95.4 Å². The molecule has 2 N–H and O–H groups in total. The molecule has 0 aromatic heterocycles. The van der Waals surface area contributed by atoms with Crippen molar-refractivity contribution >= 4 is 11.9 Å². The van der Waals surface area contributed by atoms with Gasteiger partial charge < -0.3 is 20.1 Å². The molecule has 2 saturated heterocycles. The minimum atomic E-state index is -0.0366. The van der Waals surface area contributed by atoms with E-state index >= 15 is 0 Å². The smallest absolute Gasteiger partial charge is 0.307 e. The van der Waals surface area contributed by atoms with Crippen molar-refractivity contribution in [3.05, 3.63) is 0 Å². The van der Waals surface area contributed by atoms with Gasteiger partial charge in [-0.15, -0.1) is 0 Å². The Kier molecular flexibility index (Phi) is 29.1. The summed E-state index contributed by atoms with van der Waals surface area (Å²) in [5, 5.41) is 7.73. The molecule has 2 rings (SSSR count). The van der Waals surface area contributed by atoms with Gasteiger partial charge in [-0.2, -0.15) is 0 Å². The van der Waals surface area contributed by atoms with Gasteiger partial charge in [-0.25, -0.2) is 0 Å². The summed E-state index contributed by atoms with van der Waals surface area (Å²) < 4.78 is 11.5. The molecule has 0 bridgehead atoms. The number of nitrogens with zero attached hydrogens (tertiary/aromatic N) is 2. The molecule has 0 spiro atoms. The van der Waals surface area contributed by atoms with Crippen molar-refractivity contribution in [3.63, 3.8) is 0 Å². The molecule has 2 aliphatic rings. The van der Waals surface area contributed by atoms with Crippen LogP contribution in [0.25, 0.3) is 0 Å². The fourth-order valence-corrected chi connectivity index (χ4v) is 11.2. The van der Waals surface area contributed by atoms with Gasteiger partial charge >= 0.3 is 11.9 Å². The third-order valence-corrected chi connectivity index (χ3v) is 13.7. The number of unbranched alkanes of at least 4 members (excludes halogenated alkanes) is 21. The monoisotopic (exact) mass is 875 g/mol. The third kappa shape index (κ3) is 28.0. The Labute approximate surface area is 385 Å². The zero-order valence-electron chi connectivity index (χ0n) is 43.1. The van der Waals surface area contributed by atoms with Crippen LogP contribution in [0.2, 0.25) is 0 Å². The molecule has 0 aliphatic carbocycles. The average molecular weight is 875 g/mol. The van der Waals surface area contributed by atoms with Crippen molar-refractivity contribution < 1.29 is 19.1 Å². The molecule has 0 amide bonds. The van der Waals surface area contributed by atoms with Gasteiger partial charge in [0.15, 0.2) is 0 Å². The number of rotatable bonds is 37. The molecule has 0 saturated carbocycles. The minimum absolute atomic E-state index is 0.0366. The van der Waals surface area contributed by atoms with Crippen molar-refractivity contribution in [3.8, 4) is 0 Å². The molecule has 62 heavy (non-hydrogen) atoms. The van der Waals surface area contributed by atoms with Crippen LogP contribution < -0.4 is 10.6 Å². The maximum absolute atomic E-state index is 13.0. The zero-order valence-corrected chi connectivity index (χ0v) is 43.1. The summed E-state index contributed by atoms with van der Waals surface area (Å²) in [6, 6.07) is 0.894. The lowest BCUT2D eigenvalue weighted by Gasteiger charge is -2.50. The summed E-state index contributed by atoms with van der Waals surface area (Å²) in [5.74, 6) is -0.0733. The van der Waals surface area contributed by atoms with E-state index < -0.39 is 0 Å². The number of esters is 2. The van der Waals surface area contributed by atoms with E-state index in [1.165, 1.54) is 116 Å². The molecule has 0 atom stereocenters. The fourth-order valence-electron chi connectivity index (χ4n) is 11.2. The van der Waals surface area contributed by atoms with Crippen molar-refractivity contribution in [1.82, 2.24) is 20.4 Å². The average Bonchev–Trinajstić information content (AvgIpc) is 3.17. The first-order valence-electron chi connectivity index (χ1n) is 26.8. The Morgan fingerprint density at radius 1 is 0.403 bits per heavy atom. The van der Waals surface area contributed by atoms with Crippen molar-refractivity contribution in [1.29, 1.82) is 0 Å². The van der Waals surface area contributed by atoms with E-state index in [2.05, 4.69) is 89.7 Å². The van der Waals surface area contributed by atoms with Gasteiger partial charge in [0.1, 0.15) is 0 Å². The zero-order chi connectivity index (χ0) is 45.7. The van der Waals surface area contributed by atoms with Crippen LogP contribution in [-0.2, 0) is 19.1 Å². The Balaban J connectivity index is 1.83. The summed E-state index contributed by atoms with van der Waals surface area (Å²) in [6.07, 6.45) is 35.6. The van der Waals surface area contributed by atoms with E-state index in [0.717, 1.165) is 90.4 Å². The van der Waals surface area contributed by atoms with Crippen LogP contribution >= 0.6 is 0 Å². The second-order valence-corrected chi connectivity index (χ2v) is 22.7. The summed E-state index contributed by atoms with van der Waals surface area (Å²) >= 11 is 0. The summed E-state index contributed by atoms with van der Waals surface area (Å²) in [6.45, 7) is 27.9. The highest BCUT2D eigenvalue weighted by atomic mass is 16.5. The fraction of sp³-hybridized carbons (Fsp3) is 0.963. The number of hydrogen-bond donors (Lipinski definition) is 2. The maximum atomic E-state index is 13.0. The second-order valence-electron chi connectivity index (χ2n) is 22.7. The Hall–Kier alpha value is -1.22. The lowest BCUT2D eigenvalue weighted by molar-refractivity contribution is -0.145. The van der Waals surface area contributed by atoms with Crippen LogP contribution in [0.5, 0.6) is 0 Å². The van der Waals surface area contributed by atoms with Gasteiger partial charge in [-0.3, -0.25) is 19.4 Å². The van der Waals surface area contributed by atoms with Crippen molar-refractivity contribution in [2.75, 3.05) is 39.4 Å². The highest BCUT2D eigenvalue weighted by Gasteiger charge is 2.41. The first kappa shape index (κ1) is 56.9. The standard InChI is InChI=1S/C54H106N4O4/c1-11-13-15-17-19-21-23-25-29-33-41-61-49(59)35-39-57(47-43-51(3,4)55-52(5,6)44-47)37-31-27-28-32-38-58(48-45-53(7,8)56-54(9,10)46-48)40-36-50(60)62-42-34-30-26-24-22-20-18-16-14-12-2/h47-48,55-56H,11-46H2,1-10H3. The van der Waals surface area contributed by atoms with E-state index in [4.69, 9.17) is 9.47 Å². The number of hydrogen-bond acceptors (Lipinski definition) is 8. The highest BCUT2D eigenvalue weighted by Crippen LogP contribution is 2.33. The van der Waals surface area contributed by atoms with Crippen LogP contribution in [0.4, 0.5) is 0 Å².